The Morgan fingerprint density at radius 2 is 1.47 bits per heavy atom. The predicted molar refractivity (Wildman–Crippen MR) is 156 cm³/mol. The van der Waals surface area contributed by atoms with Gasteiger partial charge in [-0.25, -0.2) is 0 Å². The molecule has 8 heteroatoms. The first-order chi connectivity index (χ1) is 18.6. The summed E-state index contributed by atoms with van der Waals surface area (Å²) in [5, 5.41) is 26.4. The van der Waals surface area contributed by atoms with Gasteiger partial charge >= 0.3 is 0 Å². The van der Waals surface area contributed by atoms with Crippen LogP contribution in [0, 0.1) is 10.1 Å². The predicted octanol–water partition coefficient (Wildman–Crippen LogP) is 8.45. The number of carbonyl (C=O) groups excluding carboxylic acids is 1. The molecule has 0 amide bonds. The van der Waals surface area contributed by atoms with Crippen LogP contribution in [0.5, 0.6) is 0 Å². The molecule has 0 heterocycles. The van der Waals surface area contributed by atoms with Crippen LogP contribution in [0.4, 0.5) is 22.7 Å². The van der Waals surface area contributed by atoms with E-state index in [1.807, 2.05) is 30.3 Å². The number of benzene rings is 2. The van der Waals surface area contributed by atoms with Crippen molar-refractivity contribution in [2.45, 2.75) is 90.4 Å². The van der Waals surface area contributed by atoms with Gasteiger partial charge in [-0.05, 0) is 68.1 Å². The van der Waals surface area contributed by atoms with Crippen LogP contribution >= 0.6 is 0 Å². The highest BCUT2D eigenvalue weighted by Gasteiger charge is 2.14. The summed E-state index contributed by atoms with van der Waals surface area (Å²) in [4.78, 5) is 21.5. The Morgan fingerprint density at radius 3 is 2.13 bits per heavy atom. The normalized spacial score (nSPS) is 11.2. The average molecular weight is 524 g/mol. The molecule has 208 valence electrons. The highest BCUT2D eigenvalue weighted by Crippen LogP contribution is 2.31. The van der Waals surface area contributed by atoms with Crippen molar-refractivity contribution in [1.29, 1.82) is 0 Å². The number of aldehydes is 1. The van der Waals surface area contributed by atoms with Gasteiger partial charge in [-0.3, -0.25) is 10.1 Å². The first-order valence-corrected chi connectivity index (χ1v) is 14.3. The van der Waals surface area contributed by atoms with Gasteiger partial charge in [0.25, 0.3) is 5.69 Å². The van der Waals surface area contributed by atoms with Crippen LogP contribution in [0.15, 0.2) is 52.7 Å². The van der Waals surface area contributed by atoms with E-state index in [1.165, 1.54) is 51.4 Å². The van der Waals surface area contributed by atoms with E-state index in [4.69, 9.17) is 0 Å². The third kappa shape index (κ3) is 13.4. The number of hydrogen-bond donors (Lipinski definition) is 2. The molecule has 0 saturated heterocycles. The van der Waals surface area contributed by atoms with E-state index in [-0.39, 0.29) is 16.3 Å². The standard InChI is InChI=1S/C30H45N5O3/c1-2-3-4-5-6-7-8-9-10-11-14-26-15-20-29(30(25-26)35(37)38)34-33-28-18-16-27(17-19-28)32-22-13-12-21-31-23-24-36/h15-20,24-25,31-32H,2-14,21-23H2,1H3. The van der Waals surface area contributed by atoms with Crippen molar-refractivity contribution in [3.63, 3.8) is 0 Å². The largest absolute Gasteiger partial charge is 0.385 e. The molecule has 0 aliphatic carbocycles. The Morgan fingerprint density at radius 1 is 0.816 bits per heavy atom. The summed E-state index contributed by atoms with van der Waals surface area (Å²) in [6.07, 6.45) is 16.4. The maximum absolute atomic E-state index is 11.6. The van der Waals surface area contributed by atoms with Gasteiger partial charge in [-0.2, -0.15) is 5.11 Å². The third-order valence-electron chi connectivity index (χ3n) is 6.53. The lowest BCUT2D eigenvalue weighted by Gasteiger charge is -2.06. The van der Waals surface area contributed by atoms with Crippen molar-refractivity contribution in [2.24, 2.45) is 10.2 Å². The molecule has 0 aliphatic heterocycles. The van der Waals surface area contributed by atoms with E-state index < -0.39 is 0 Å². The Labute approximate surface area is 227 Å². The topological polar surface area (TPSA) is 109 Å². The molecule has 0 spiro atoms. The lowest BCUT2D eigenvalue weighted by Crippen LogP contribution is -2.18. The Hall–Kier alpha value is -3.13. The van der Waals surface area contributed by atoms with Crippen LogP contribution in [0.1, 0.15) is 89.5 Å². The van der Waals surface area contributed by atoms with Gasteiger partial charge < -0.3 is 15.4 Å². The van der Waals surface area contributed by atoms with E-state index in [0.717, 1.165) is 62.7 Å². The maximum atomic E-state index is 11.6. The number of aryl methyl sites for hydroxylation is 1. The number of nitrogens with zero attached hydrogens (tertiary/aromatic N) is 3. The van der Waals surface area contributed by atoms with Gasteiger partial charge in [0.15, 0.2) is 5.69 Å². The maximum Gasteiger partial charge on any atom is 0.296 e. The fraction of sp³-hybridized carbons (Fsp3) is 0.567. The van der Waals surface area contributed by atoms with E-state index in [0.29, 0.717) is 12.2 Å². The van der Waals surface area contributed by atoms with Crippen LogP contribution in [0.3, 0.4) is 0 Å². The fourth-order valence-electron chi connectivity index (χ4n) is 4.30. The highest BCUT2D eigenvalue weighted by molar-refractivity contribution is 5.59. The number of carbonyl (C=O) groups is 1. The zero-order chi connectivity index (χ0) is 27.3. The van der Waals surface area contributed by atoms with E-state index in [1.54, 1.807) is 12.1 Å². The average Bonchev–Trinajstić information content (AvgIpc) is 2.93. The molecular weight excluding hydrogens is 478 g/mol. The molecule has 8 nitrogen and oxygen atoms in total. The Bertz CT molecular complexity index is 963. The molecule has 2 aromatic rings. The molecule has 0 unspecified atom stereocenters. The van der Waals surface area contributed by atoms with Crippen LogP contribution in [0.2, 0.25) is 0 Å². The molecule has 2 N–H and O–H groups in total. The highest BCUT2D eigenvalue weighted by atomic mass is 16.6. The van der Waals surface area contributed by atoms with Crippen molar-refractivity contribution in [3.8, 4) is 0 Å². The molecule has 0 aromatic heterocycles. The minimum atomic E-state index is -0.377. The number of nitro benzene ring substituents is 1. The lowest BCUT2D eigenvalue weighted by atomic mass is 10.0. The van der Waals surface area contributed by atoms with Gasteiger partial charge in [0.05, 0.1) is 17.2 Å². The molecule has 0 aliphatic rings. The fourth-order valence-corrected chi connectivity index (χ4v) is 4.30. The summed E-state index contributed by atoms with van der Waals surface area (Å²) < 4.78 is 0. The number of rotatable bonds is 22. The number of nitrogens with one attached hydrogen (secondary N) is 2. The van der Waals surface area contributed by atoms with Crippen molar-refractivity contribution in [1.82, 2.24) is 5.32 Å². The van der Waals surface area contributed by atoms with Gasteiger partial charge in [0.2, 0.25) is 0 Å². The first-order valence-electron chi connectivity index (χ1n) is 14.3. The second-order valence-electron chi connectivity index (χ2n) is 9.76. The number of unbranched alkanes of at least 4 members (excludes halogenated alkanes) is 10. The van der Waals surface area contributed by atoms with Crippen molar-refractivity contribution >= 4 is 29.0 Å². The summed E-state index contributed by atoms with van der Waals surface area (Å²) >= 11 is 0. The molecule has 0 radical (unpaired) electrons. The van der Waals surface area contributed by atoms with Crippen LogP contribution in [0.25, 0.3) is 0 Å². The molecule has 38 heavy (non-hydrogen) atoms. The van der Waals surface area contributed by atoms with Crippen molar-refractivity contribution in [2.75, 3.05) is 25.0 Å². The van der Waals surface area contributed by atoms with Gasteiger partial charge in [0.1, 0.15) is 6.29 Å². The summed E-state index contributed by atoms with van der Waals surface area (Å²) in [6, 6.07) is 12.8. The zero-order valence-corrected chi connectivity index (χ0v) is 23.0. The van der Waals surface area contributed by atoms with Gasteiger partial charge in [-0.1, -0.05) is 70.8 Å². The number of azo groups is 1. The van der Waals surface area contributed by atoms with Gasteiger partial charge in [0, 0.05) is 18.3 Å². The van der Waals surface area contributed by atoms with Crippen molar-refractivity contribution in [3.05, 3.63) is 58.1 Å². The van der Waals surface area contributed by atoms with Crippen LogP contribution in [-0.4, -0.2) is 30.8 Å². The van der Waals surface area contributed by atoms with Crippen LogP contribution < -0.4 is 10.6 Å². The number of nitro groups is 1. The molecule has 0 bridgehead atoms. The summed E-state index contributed by atoms with van der Waals surface area (Å²) in [7, 11) is 0. The SMILES string of the molecule is CCCCCCCCCCCCc1ccc(N=Nc2ccc(NCCCCNCC=O)cc2)c([N+](=O)[O-])c1. The second-order valence-corrected chi connectivity index (χ2v) is 9.76. The minimum absolute atomic E-state index is 0.000696. The molecular formula is C30H45N5O3. The summed E-state index contributed by atoms with van der Waals surface area (Å²) in [5.74, 6) is 0. The van der Waals surface area contributed by atoms with Crippen molar-refractivity contribution < 1.29 is 9.72 Å². The monoisotopic (exact) mass is 523 g/mol. The summed E-state index contributed by atoms with van der Waals surface area (Å²) in [6.45, 7) is 4.30. The quantitative estimate of drug-likeness (QED) is 0.0529. The van der Waals surface area contributed by atoms with E-state index in [9.17, 15) is 14.9 Å². The second kappa shape index (κ2) is 19.9. The van der Waals surface area contributed by atoms with E-state index >= 15 is 0 Å². The molecule has 0 atom stereocenters. The Kier molecular flexibility index (Phi) is 16.3. The molecule has 0 fully saturated rings. The smallest absolute Gasteiger partial charge is 0.296 e. The van der Waals surface area contributed by atoms with Crippen LogP contribution in [-0.2, 0) is 11.2 Å². The van der Waals surface area contributed by atoms with Gasteiger partial charge in [-0.15, -0.1) is 5.11 Å². The first kappa shape index (κ1) is 31.1. The third-order valence-corrected chi connectivity index (χ3v) is 6.53. The Balaban J connectivity index is 1.75. The molecule has 2 aromatic carbocycles. The number of anilines is 1. The van der Waals surface area contributed by atoms with E-state index in [2.05, 4.69) is 27.8 Å². The minimum Gasteiger partial charge on any atom is -0.385 e. The summed E-state index contributed by atoms with van der Waals surface area (Å²) in [5.41, 5.74) is 2.86. The molecule has 0 saturated carbocycles. The zero-order valence-electron chi connectivity index (χ0n) is 23.0. The lowest BCUT2D eigenvalue weighted by molar-refractivity contribution is -0.384. The molecule has 2 rings (SSSR count). The number of hydrogen-bond acceptors (Lipinski definition) is 7.